The van der Waals surface area contributed by atoms with E-state index in [-0.39, 0.29) is 31.1 Å². The Hall–Kier alpha value is -4.32. The topological polar surface area (TPSA) is 90.6 Å². The summed E-state index contributed by atoms with van der Waals surface area (Å²) >= 11 is 0. The Morgan fingerprint density at radius 2 is 1.74 bits per heavy atom. The average Bonchev–Trinajstić information content (AvgIpc) is 3.20. The van der Waals surface area contributed by atoms with Crippen molar-refractivity contribution in [1.29, 1.82) is 5.26 Å². The summed E-state index contributed by atoms with van der Waals surface area (Å²) in [5, 5.41) is 18.2. The predicted octanol–water partition coefficient (Wildman–Crippen LogP) is 5.95. The molecular formula is C30H27F3N2O4. The van der Waals surface area contributed by atoms with Crippen molar-refractivity contribution < 1.29 is 32.6 Å². The van der Waals surface area contributed by atoms with Crippen LogP contribution in [0.3, 0.4) is 0 Å². The maximum absolute atomic E-state index is 14.0. The van der Waals surface area contributed by atoms with Crippen molar-refractivity contribution in [3.8, 4) is 22.9 Å². The van der Waals surface area contributed by atoms with E-state index in [0.717, 1.165) is 11.6 Å². The number of amides is 1. The van der Waals surface area contributed by atoms with Gasteiger partial charge in [0, 0.05) is 6.54 Å². The Morgan fingerprint density at radius 1 is 1.05 bits per heavy atom. The second-order valence-electron chi connectivity index (χ2n) is 9.51. The van der Waals surface area contributed by atoms with Gasteiger partial charge in [0.1, 0.15) is 12.4 Å². The van der Waals surface area contributed by atoms with E-state index in [2.05, 4.69) is 0 Å². The van der Waals surface area contributed by atoms with Crippen LogP contribution in [0, 0.1) is 17.2 Å². The Labute approximate surface area is 224 Å². The molecule has 0 saturated carbocycles. The number of nitriles is 1. The Balaban J connectivity index is 1.51. The van der Waals surface area contributed by atoms with Gasteiger partial charge in [0.25, 0.3) is 0 Å². The Kier molecular flexibility index (Phi) is 8.55. The molecule has 1 saturated heterocycles. The lowest BCUT2D eigenvalue weighted by atomic mass is 10.0. The van der Waals surface area contributed by atoms with Gasteiger partial charge in [-0.15, -0.1) is 0 Å². The second kappa shape index (κ2) is 12.0. The normalized spacial score (nSPS) is 17.2. The van der Waals surface area contributed by atoms with Crippen LogP contribution < -0.4 is 4.74 Å². The van der Waals surface area contributed by atoms with Gasteiger partial charge in [0.05, 0.1) is 35.6 Å². The second-order valence-corrected chi connectivity index (χ2v) is 9.51. The molecule has 1 amide bonds. The number of hydrogen-bond donors (Lipinski definition) is 1. The van der Waals surface area contributed by atoms with Gasteiger partial charge >= 0.3 is 12.1 Å². The molecule has 1 aliphatic heterocycles. The summed E-state index contributed by atoms with van der Waals surface area (Å²) in [5.74, 6) is -2.52. The van der Waals surface area contributed by atoms with Gasteiger partial charge in [0.15, 0.2) is 0 Å². The van der Waals surface area contributed by atoms with Gasteiger partial charge in [-0.25, -0.2) is 0 Å². The Morgan fingerprint density at radius 3 is 2.38 bits per heavy atom. The highest BCUT2D eigenvalue weighted by molar-refractivity contribution is 5.85. The molecule has 0 radical (unpaired) electrons. The van der Waals surface area contributed by atoms with Crippen LogP contribution in [-0.2, 0) is 22.2 Å². The molecule has 2 atom stereocenters. The summed E-state index contributed by atoms with van der Waals surface area (Å²) < 4.78 is 47.6. The summed E-state index contributed by atoms with van der Waals surface area (Å²) in [7, 11) is 0. The molecule has 0 spiro atoms. The van der Waals surface area contributed by atoms with Crippen LogP contribution in [-0.4, -0.2) is 41.1 Å². The fraction of sp³-hybridized carbons (Fsp3) is 0.300. The van der Waals surface area contributed by atoms with Crippen LogP contribution in [0.25, 0.3) is 11.1 Å². The fourth-order valence-electron chi connectivity index (χ4n) is 4.88. The number of alkyl halides is 3. The maximum atomic E-state index is 14.0. The molecule has 1 fully saturated rings. The number of halogens is 3. The minimum Gasteiger partial charge on any atom is -0.491 e. The number of benzene rings is 3. The minimum absolute atomic E-state index is 0.188. The smallest absolute Gasteiger partial charge is 0.419 e. The van der Waals surface area contributed by atoms with Gasteiger partial charge < -0.3 is 14.7 Å². The van der Waals surface area contributed by atoms with E-state index in [1.807, 2.05) is 36.4 Å². The van der Waals surface area contributed by atoms with Crippen LogP contribution in [0.15, 0.2) is 72.8 Å². The Bertz CT molecular complexity index is 1350. The minimum atomic E-state index is -4.69. The molecule has 4 rings (SSSR count). The molecule has 3 aromatic carbocycles. The number of hydrogen-bond acceptors (Lipinski definition) is 4. The number of nitrogens with zero attached hydrogens (tertiary/aromatic N) is 2. The molecule has 39 heavy (non-hydrogen) atoms. The number of carbonyl (C=O) groups excluding carboxylic acids is 1. The molecule has 9 heteroatoms. The standard InChI is InChI=1S/C30H27F3N2O4/c31-30(32,33)26-16-23(22-10-8-21(18-34)9-11-22)12-13-27(26)39-19-25-15-24(17-28(36)37)29(38)35(25)14-4-7-20-5-2-1-3-6-20/h1-3,5-6,8-13,16,24-25H,4,7,14-15,17,19H2,(H,36,37)/t24-,25-/m0/s1. The van der Waals surface area contributed by atoms with E-state index >= 15 is 0 Å². The quantitative estimate of drug-likeness (QED) is 0.346. The molecule has 1 heterocycles. The van der Waals surface area contributed by atoms with Crippen LogP contribution >= 0.6 is 0 Å². The number of aryl methyl sites for hydroxylation is 1. The molecule has 0 unspecified atom stereocenters. The van der Waals surface area contributed by atoms with Crippen LogP contribution in [0.5, 0.6) is 5.75 Å². The molecule has 6 nitrogen and oxygen atoms in total. The number of carbonyl (C=O) groups is 2. The monoisotopic (exact) mass is 536 g/mol. The molecule has 202 valence electrons. The zero-order chi connectivity index (χ0) is 28.0. The highest BCUT2D eigenvalue weighted by Gasteiger charge is 2.41. The highest BCUT2D eigenvalue weighted by atomic mass is 19.4. The van der Waals surface area contributed by atoms with Crippen molar-refractivity contribution in [1.82, 2.24) is 4.90 Å². The lowest BCUT2D eigenvalue weighted by molar-refractivity contribution is -0.142. The molecule has 0 aromatic heterocycles. The first-order valence-electron chi connectivity index (χ1n) is 12.6. The third-order valence-corrected chi connectivity index (χ3v) is 6.82. The maximum Gasteiger partial charge on any atom is 0.419 e. The summed E-state index contributed by atoms with van der Waals surface area (Å²) in [6, 6.07) is 21.1. The van der Waals surface area contributed by atoms with Crippen molar-refractivity contribution in [2.75, 3.05) is 13.2 Å². The summed E-state index contributed by atoms with van der Waals surface area (Å²) in [4.78, 5) is 25.8. The average molecular weight is 537 g/mol. The van der Waals surface area contributed by atoms with E-state index < -0.39 is 29.7 Å². The SMILES string of the molecule is N#Cc1ccc(-c2ccc(OC[C@@H]3C[C@@H](CC(=O)O)C(=O)N3CCCc3ccccc3)c(C(F)(F)F)c2)cc1. The van der Waals surface area contributed by atoms with Crippen LogP contribution in [0.4, 0.5) is 13.2 Å². The number of carboxylic acid groups (broad SMARTS) is 1. The third kappa shape index (κ3) is 6.96. The number of aliphatic carboxylic acids is 1. The van der Waals surface area contributed by atoms with E-state index in [0.29, 0.717) is 36.1 Å². The molecule has 1 N–H and O–H groups in total. The summed E-state index contributed by atoms with van der Waals surface area (Å²) in [5.41, 5.74) is 1.38. The van der Waals surface area contributed by atoms with Gasteiger partial charge in [0.2, 0.25) is 5.91 Å². The first-order valence-corrected chi connectivity index (χ1v) is 12.6. The molecule has 0 bridgehead atoms. The van der Waals surface area contributed by atoms with E-state index in [1.165, 1.54) is 24.3 Å². The van der Waals surface area contributed by atoms with Gasteiger partial charge in [-0.1, -0.05) is 48.5 Å². The molecular weight excluding hydrogens is 509 g/mol. The number of rotatable bonds is 10. The van der Waals surface area contributed by atoms with E-state index in [1.54, 1.807) is 17.0 Å². The largest absolute Gasteiger partial charge is 0.491 e. The third-order valence-electron chi connectivity index (χ3n) is 6.82. The lowest BCUT2D eigenvalue weighted by Gasteiger charge is -2.26. The first kappa shape index (κ1) is 27.7. The molecule has 3 aromatic rings. The highest BCUT2D eigenvalue weighted by Crippen LogP contribution is 2.39. The fourth-order valence-corrected chi connectivity index (χ4v) is 4.88. The van der Waals surface area contributed by atoms with Crippen LogP contribution in [0.2, 0.25) is 0 Å². The molecule has 1 aliphatic rings. The van der Waals surface area contributed by atoms with Crippen molar-refractivity contribution in [3.63, 3.8) is 0 Å². The summed E-state index contributed by atoms with van der Waals surface area (Å²) in [6.07, 6.45) is -3.50. The van der Waals surface area contributed by atoms with E-state index in [4.69, 9.17) is 10.00 Å². The summed E-state index contributed by atoms with van der Waals surface area (Å²) in [6.45, 7) is 0.161. The predicted molar refractivity (Wildman–Crippen MR) is 138 cm³/mol. The number of ether oxygens (including phenoxy) is 1. The van der Waals surface area contributed by atoms with Crippen molar-refractivity contribution in [2.45, 2.75) is 37.9 Å². The van der Waals surface area contributed by atoms with Crippen molar-refractivity contribution >= 4 is 11.9 Å². The number of carboxylic acids is 1. The lowest BCUT2D eigenvalue weighted by Crippen LogP contribution is -2.38. The van der Waals surface area contributed by atoms with Gasteiger partial charge in [-0.3, -0.25) is 9.59 Å². The van der Waals surface area contributed by atoms with Gasteiger partial charge in [-0.2, -0.15) is 18.4 Å². The molecule has 0 aliphatic carbocycles. The zero-order valence-corrected chi connectivity index (χ0v) is 21.0. The zero-order valence-electron chi connectivity index (χ0n) is 21.0. The van der Waals surface area contributed by atoms with Gasteiger partial charge in [-0.05, 0) is 60.2 Å². The number of likely N-dealkylation sites (tertiary alicyclic amines) is 1. The first-order chi connectivity index (χ1) is 18.7. The van der Waals surface area contributed by atoms with Crippen LogP contribution in [0.1, 0.15) is 36.0 Å². The van der Waals surface area contributed by atoms with E-state index in [9.17, 15) is 27.9 Å². The van der Waals surface area contributed by atoms with Crippen molar-refractivity contribution in [3.05, 3.63) is 89.5 Å². The van der Waals surface area contributed by atoms with Crippen molar-refractivity contribution in [2.24, 2.45) is 5.92 Å².